The minimum absolute atomic E-state index is 0.00471. The number of fused-ring (bicyclic) bond motifs is 2. The van der Waals surface area contributed by atoms with Crippen LogP contribution in [-0.4, -0.2) is 64.5 Å². The quantitative estimate of drug-likeness (QED) is 0.343. The normalized spacial score (nSPS) is 25.0. The Bertz CT molecular complexity index is 1210. The number of nitrogens with one attached hydrogen (secondary N) is 3. The molecule has 0 bridgehead atoms. The zero-order valence-corrected chi connectivity index (χ0v) is 25.0. The first-order valence-corrected chi connectivity index (χ1v) is 15.8. The molecule has 4 rings (SSSR count). The van der Waals surface area contributed by atoms with E-state index in [2.05, 4.69) is 35.5 Å². The lowest BCUT2D eigenvalue weighted by Gasteiger charge is -2.34. The molecular weight excluding hydrogens is 516 g/mol. The van der Waals surface area contributed by atoms with Gasteiger partial charge >= 0.3 is 0 Å². The number of hydrogen-bond donors (Lipinski definition) is 3. The van der Waals surface area contributed by atoms with E-state index in [0.717, 1.165) is 48.6 Å². The lowest BCUT2D eigenvalue weighted by molar-refractivity contribution is -0.141. The number of carbonyl (C=O) groups excluding carboxylic acids is 4. The summed E-state index contributed by atoms with van der Waals surface area (Å²) in [5, 5.41) is 7.93. The predicted molar refractivity (Wildman–Crippen MR) is 161 cm³/mol. The highest BCUT2D eigenvalue weighted by atomic mass is 16.2. The average Bonchev–Trinajstić information content (AvgIpc) is 3.63. The minimum Gasteiger partial charge on any atom is -0.361 e. The number of carbonyl (C=O) groups is 4. The summed E-state index contributed by atoms with van der Waals surface area (Å²) in [4.78, 5) is 58.1. The van der Waals surface area contributed by atoms with Crippen LogP contribution in [0.2, 0.25) is 0 Å². The number of unbranched alkanes of at least 4 members (excludes halogenated alkanes) is 2. The van der Waals surface area contributed by atoms with Gasteiger partial charge in [0.2, 0.25) is 11.8 Å². The topological polar surface area (TPSA) is 111 Å². The number of rotatable bonds is 11. The molecule has 41 heavy (non-hydrogen) atoms. The third kappa shape index (κ3) is 7.85. The molecule has 3 heterocycles. The Balaban J connectivity index is 1.57. The van der Waals surface area contributed by atoms with Crippen LogP contribution in [0.5, 0.6) is 0 Å². The Morgan fingerprint density at radius 3 is 2.68 bits per heavy atom. The van der Waals surface area contributed by atoms with E-state index in [4.69, 9.17) is 0 Å². The SMILES string of the molecule is CCC(=O)CCCCC[C@@H]1CC(=O)[C@H]2CCCN2C(=O)[C@H]([C@@H](C)CC)NC[C@H](Cc2c[nH]c3ccccc23)NC1=O. The first-order valence-electron chi connectivity index (χ1n) is 15.8. The highest BCUT2D eigenvalue weighted by Gasteiger charge is 2.40. The predicted octanol–water partition coefficient (Wildman–Crippen LogP) is 4.71. The molecule has 2 fully saturated rings. The van der Waals surface area contributed by atoms with Crippen molar-refractivity contribution in [2.45, 2.75) is 110 Å². The van der Waals surface area contributed by atoms with Gasteiger partial charge in [0, 0.05) is 61.4 Å². The number of Topliss-reactive ketones (excluding diaryl/α,β-unsaturated/α-hetero) is 2. The molecule has 2 saturated heterocycles. The van der Waals surface area contributed by atoms with Crippen LogP contribution in [0.25, 0.3) is 10.9 Å². The van der Waals surface area contributed by atoms with E-state index in [1.165, 1.54) is 0 Å². The fraction of sp³-hybridized carbons (Fsp3) is 0.636. The fourth-order valence-corrected chi connectivity index (χ4v) is 6.41. The van der Waals surface area contributed by atoms with Gasteiger partial charge in [-0.05, 0) is 49.7 Å². The molecule has 2 aliphatic heterocycles. The van der Waals surface area contributed by atoms with E-state index in [-0.39, 0.29) is 41.8 Å². The summed E-state index contributed by atoms with van der Waals surface area (Å²) in [6.07, 6.45) is 9.23. The van der Waals surface area contributed by atoms with Crippen LogP contribution >= 0.6 is 0 Å². The largest absolute Gasteiger partial charge is 0.361 e. The molecule has 1 aromatic carbocycles. The summed E-state index contributed by atoms with van der Waals surface area (Å²) >= 11 is 0. The standard InChI is InChI=1S/C33H48N4O4/c1-4-22(3)31-33(41)37-17-11-16-29(37)30(39)19-23(12-7-6-8-13-26(38)5-2)32(40)36-25(21-35-31)18-24-20-34-28-15-10-9-14-27(24)28/h9-10,14-15,20,22-23,25,29,31,34-35H,4-8,11-13,16-19,21H2,1-3H3,(H,36,40)/t22-,23+,25-,29+,31-/m0/s1. The van der Waals surface area contributed by atoms with E-state index >= 15 is 0 Å². The summed E-state index contributed by atoms with van der Waals surface area (Å²) in [6, 6.07) is 7.03. The molecular formula is C33H48N4O4. The van der Waals surface area contributed by atoms with Gasteiger partial charge in [-0.2, -0.15) is 0 Å². The highest BCUT2D eigenvalue weighted by molar-refractivity contribution is 5.94. The molecule has 224 valence electrons. The summed E-state index contributed by atoms with van der Waals surface area (Å²) in [5.41, 5.74) is 2.16. The second kappa shape index (κ2) is 14.8. The summed E-state index contributed by atoms with van der Waals surface area (Å²) < 4.78 is 0. The second-order valence-electron chi connectivity index (χ2n) is 12.1. The van der Waals surface area contributed by atoms with Crippen molar-refractivity contribution in [1.29, 1.82) is 0 Å². The van der Waals surface area contributed by atoms with Gasteiger partial charge < -0.3 is 20.5 Å². The van der Waals surface area contributed by atoms with Crippen LogP contribution in [-0.2, 0) is 25.6 Å². The van der Waals surface area contributed by atoms with Gasteiger partial charge in [0.25, 0.3) is 0 Å². The zero-order valence-electron chi connectivity index (χ0n) is 25.0. The number of ketones is 2. The lowest BCUT2D eigenvalue weighted by atomic mass is 9.90. The van der Waals surface area contributed by atoms with Crippen LogP contribution in [0.15, 0.2) is 30.5 Å². The Labute approximate surface area is 244 Å². The van der Waals surface area contributed by atoms with Crippen molar-refractivity contribution in [3.05, 3.63) is 36.0 Å². The number of aromatic nitrogens is 1. The zero-order chi connectivity index (χ0) is 29.4. The van der Waals surface area contributed by atoms with Crippen molar-refractivity contribution >= 4 is 34.3 Å². The molecule has 0 spiro atoms. The number of hydrogen-bond acceptors (Lipinski definition) is 5. The molecule has 2 aliphatic rings. The van der Waals surface area contributed by atoms with E-state index in [9.17, 15) is 19.2 Å². The monoisotopic (exact) mass is 564 g/mol. The molecule has 3 N–H and O–H groups in total. The van der Waals surface area contributed by atoms with Gasteiger partial charge in [0.1, 0.15) is 5.78 Å². The van der Waals surface area contributed by atoms with E-state index < -0.39 is 18.0 Å². The second-order valence-corrected chi connectivity index (χ2v) is 12.1. The number of benzene rings is 1. The molecule has 1 aromatic heterocycles. The van der Waals surface area contributed by atoms with Crippen molar-refractivity contribution < 1.29 is 19.2 Å². The van der Waals surface area contributed by atoms with Crippen molar-refractivity contribution in [3.63, 3.8) is 0 Å². The van der Waals surface area contributed by atoms with E-state index in [1.807, 2.05) is 31.3 Å². The summed E-state index contributed by atoms with van der Waals surface area (Å²) in [7, 11) is 0. The van der Waals surface area contributed by atoms with Gasteiger partial charge in [-0.1, -0.05) is 58.2 Å². The van der Waals surface area contributed by atoms with E-state index in [1.54, 1.807) is 4.90 Å². The smallest absolute Gasteiger partial charge is 0.240 e. The molecule has 0 aliphatic carbocycles. The number of aromatic amines is 1. The Morgan fingerprint density at radius 1 is 1.10 bits per heavy atom. The molecule has 5 atom stereocenters. The van der Waals surface area contributed by atoms with Gasteiger partial charge in [-0.15, -0.1) is 0 Å². The number of amides is 2. The van der Waals surface area contributed by atoms with Crippen LogP contribution < -0.4 is 10.6 Å². The third-order valence-corrected chi connectivity index (χ3v) is 9.18. The van der Waals surface area contributed by atoms with Crippen molar-refractivity contribution in [3.8, 4) is 0 Å². The maximum atomic E-state index is 13.8. The van der Waals surface area contributed by atoms with Gasteiger partial charge in [0.15, 0.2) is 5.78 Å². The Hall–Kier alpha value is -3.00. The van der Waals surface area contributed by atoms with Gasteiger partial charge in [0.05, 0.1) is 12.1 Å². The molecule has 8 heteroatoms. The highest BCUT2D eigenvalue weighted by Crippen LogP contribution is 2.27. The van der Waals surface area contributed by atoms with Crippen molar-refractivity contribution in [2.24, 2.45) is 11.8 Å². The minimum atomic E-state index is -0.449. The Morgan fingerprint density at radius 2 is 1.90 bits per heavy atom. The van der Waals surface area contributed by atoms with Crippen LogP contribution in [0.1, 0.15) is 90.5 Å². The molecule has 0 unspecified atom stereocenters. The first kappa shape index (κ1) is 30.9. The van der Waals surface area contributed by atoms with Crippen LogP contribution in [0, 0.1) is 11.8 Å². The third-order valence-electron chi connectivity index (χ3n) is 9.18. The Kier molecular flexibility index (Phi) is 11.1. The lowest BCUT2D eigenvalue weighted by Crippen LogP contribution is -2.57. The van der Waals surface area contributed by atoms with Crippen molar-refractivity contribution in [2.75, 3.05) is 13.1 Å². The summed E-state index contributed by atoms with van der Waals surface area (Å²) in [5.74, 6) is -0.181. The fourth-order valence-electron chi connectivity index (χ4n) is 6.41. The first-order chi connectivity index (χ1) is 19.8. The molecule has 2 amide bonds. The van der Waals surface area contributed by atoms with Crippen LogP contribution in [0.3, 0.4) is 0 Å². The average molecular weight is 565 g/mol. The van der Waals surface area contributed by atoms with Crippen molar-refractivity contribution in [1.82, 2.24) is 20.5 Å². The molecule has 8 nitrogen and oxygen atoms in total. The summed E-state index contributed by atoms with van der Waals surface area (Å²) in [6.45, 7) is 7.09. The maximum absolute atomic E-state index is 13.8. The molecule has 0 radical (unpaired) electrons. The van der Waals surface area contributed by atoms with Gasteiger partial charge in [-0.25, -0.2) is 0 Å². The number of nitrogens with zero attached hydrogens (tertiary/aromatic N) is 1. The van der Waals surface area contributed by atoms with E-state index in [0.29, 0.717) is 45.2 Å². The maximum Gasteiger partial charge on any atom is 0.240 e. The molecule has 0 saturated carbocycles. The van der Waals surface area contributed by atoms with Gasteiger partial charge in [-0.3, -0.25) is 19.2 Å². The molecule has 2 aromatic rings. The van der Waals surface area contributed by atoms with Crippen LogP contribution in [0.4, 0.5) is 0 Å². The number of para-hydroxylation sites is 1. The number of H-pyrrole nitrogens is 1.